The second kappa shape index (κ2) is 4.59. The SMILES string of the molecule is C=CCCc1cc(C#N)nc2ccccc12. The van der Waals surface area contributed by atoms with Crippen molar-refractivity contribution in [2.45, 2.75) is 12.8 Å². The summed E-state index contributed by atoms with van der Waals surface area (Å²) in [4.78, 5) is 4.28. The van der Waals surface area contributed by atoms with Gasteiger partial charge in [-0.3, -0.25) is 0 Å². The summed E-state index contributed by atoms with van der Waals surface area (Å²) in [5.74, 6) is 0. The predicted molar refractivity (Wildman–Crippen MR) is 65.0 cm³/mol. The molecule has 1 aromatic heterocycles. The summed E-state index contributed by atoms with van der Waals surface area (Å²) in [6.45, 7) is 3.72. The second-order valence-electron chi connectivity index (χ2n) is 3.62. The summed E-state index contributed by atoms with van der Waals surface area (Å²) < 4.78 is 0. The molecule has 0 aliphatic carbocycles. The Hall–Kier alpha value is -2.14. The first-order chi connectivity index (χ1) is 7.85. The van der Waals surface area contributed by atoms with Crippen molar-refractivity contribution in [2.24, 2.45) is 0 Å². The van der Waals surface area contributed by atoms with E-state index in [0.717, 1.165) is 23.7 Å². The fourth-order valence-electron chi connectivity index (χ4n) is 1.77. The molecule has 1 heterocycles. The van der Waals surface area contributed by atoms with Crippen LogP contribution in [0, 0.1) is 11.3 Å². The Kier molecular flexibility index (Phi) is 2.98. The van der Waals surface area contributed by atoms with Crippen LogP contribution in [0.4, 0.5) is 0 Å². The van der Waals surface area contributed by atoms with E-state index in [1.54, 1.807) is 0 Å². The summed E-state index contributed by atoms with van der Waals surface area (Å²) >= 11 is 0. The maximum Gasteiger partial charge on any atom is 0.141 e. The molecular weight excluding hydrogens is 196 g/mol. The lowest BCUT2D eigenvalue weighted by molar-refractivity contribution is 1.01. The number of benzene rings is 1. The van der Waals surface area contributed by atoms with Gasteiger partial charge in [0.1, 0.15) is 11.8 Å². The molecular formula is C14H12N2. The number of hydrogen-bond acceptors (Lipinski definition) is 2. The van der Waals surface area contributed by atoms with Gasteiger partial charge in [-0.2, -0.15) is 5.26 Å². The number of fused-ring (bicyclic) bond motifs is 1. The number of allylic oxidation sites excluding steroid dienone is 1. The Balaban J connectivity index is 2.59. The standard InChI is InChI=1S/C14H12N2/c1-2-3-6-11-9-12(10-15)16-14-8-5-4-7-13(11)14/h2,4-5,7-9H,1,3,6H2. The molecule has 0 N–H and O–H groups in total. The van der Waals surface area contributed by atoms with E-state index in [9.17, 15) is 0 Å². The van der Waals surface area contributed by atoms with E-state index in [0.29, 0.717) is 5.69 Å². The highest BCUT2D eigenvalue weighted by atomic mass is 14.7. The predicted octanol–water partition coefficient (Wildman–Crippen LogP) is 3.23. The topological polar surface area (TPSA) is 36.7 Å². The van der Waals surface area contributed by atoms with Gasteiger partial charge in [0, 0.05) is 5.39 Å². The number of para-hydroxylation sites is 1. The van der Waals surface area contributed by atoms with E-state index in [-0.39, 0.29) is 0 Å². The van der Waals surface area contributed by atoms with Crippen LogP contribution in [0.2, 0.25) is 0 Å². The van der Waals surface area contributed by atoms with Crippen molar-refractivity contribution < 1.29 is 0 Å². The van der Waals surface area contributed by atoms with Gasteiger partial charge in [-0.25, -0.2) is 4.98 Å². The summed E-state index contributed by atoms with van der Waals surface area (Å²) in [7, 11) is 0. The lowest BCUT2D eigenvalue weighted by Crippen LogP contribution is -1.92. The first kappa shape index (κ1) is 10.4. The van der Waals surface area contributed by atoms with E-state index in [1.165, 1.54) is 5.56 Å². The molecule has 0 aliphatic heterocycles. The maximum absolute atomic E-state index is 8.91. The van der Waals surface area contributed by atoms with Gasteiger partial charge in [0.2, 0.25) is 0 Å². The van der Waals surface area contributed by atoms with Gasteiger partial charge >= 0.3 is 0 Å². The van der Waals surface area contributed by atoms with Crippen LogP contribution in [0.1, 0.15) is 17.7 Å². The molecule has 0 bridgehead atoms. The van der Waals surface area contributed by atoms with Gasteiger partial charge in [0.15, 0.2) is 0 Å². The van der Waals surface area contributed by atoms with Crippen LogP contribution in [0.5, 0.6) is 0 Å². The molecule has 0 aliphatic rings. The molecule has 0 unspecified atom stereocenters. The third-order valence-electron chi connectivity index (χ3n) is 2.53. The largest absolute Gasteiger partial charge is 0.237 e. The highest BCUT2D eigenvalue weighted by Gasteiger charge is 2.04. The van der Waals surface area contributed by atoms with Crippen molar-refractivity contribution in [3.63, 3.8) is 0 Å². The fourth-order valence-corrected chi connectivity index (χ4v) is 1.77. The molecule has 1 aromatic carbocycles. The van der Waals surface area contributed by atoms with Gasteiger partial charge in [0.25, 0.3) is 0 Å². The quantitative estimate of drug-likeness (QED) is 0.726. The molecule has 2 aromatic rings. The average molecular weight is 208 g/mol. The van der Waals surface area contributed by atoms with E-state index < -0.39 is 0 Å². The minimum atomic E-state index is 0.484. The van der Waals surface area contributed by atoms with Crippen LogP contribution in [0.25, 0.3) is 10.9 Å². The first-order valence-corrected chi connectivity index (χ1v) is 5.25. The van der Waals surface area contributed by atoms with Gasteiger partial charge in [-0.15, -0.1) is 6.58 Å². The number of aryl methyl sites for hydroxylation is 1. The molecule has 0 saturated heterocycles. The van der Waals surface area contributed by atoms with Crippen LogP contribution in [0.15, 0.2) is 43.0 Å². The van der Waals surface area contributed by atoms with Gasteiger partial charge < -0.3 is 0 Å². The summed E-state index contributed by atoms with van der Waals surface area (Å²) in [5.41, 5.74) is 2.54. The zero-order chi connectivity index (χ0) is 11.4. The van der Waals surface area contributed by atoms with E-state index in [4.69, 9.17) is 5.26 Å². The average Bonchev–Trinajstić information content (AvgIpc) is 2.35. The molecule has 0 fully saturated rings. The Labute approximate surface area is 94.9 Å². The smallest absolute Gasteiger partial charge is 0.141 e. The Bertz CT molecular complexity index is 564. The highest BCUT2D eigenvalue weighted by molar-refractivity contribution is 5.82. The van der Waals surface area contributed by atoms with Gasteiger partial charge in [-0.1, -0.05) is 24.3 Å². The molecule has 2 nitrogen and oxygen atoms in total. The molecule has 2 rings (SSSR count). The monoisotopic (exact) mass is 208 g/mol. The number of pyridine rings is 1. The van der Waals surface area contributed by atoms with Crippen molar-refractivity contribution in [1.29, 1.82) is 5.26 Å². The van der Waals surface area contributed by atoms with Crippen molar-refractivity contribution in [3.05, 3.63) is 54.2 Å². The lowest BCUT2D eigenvalue weighted by Gasteiger charge is -2.05. The molecule has 0 amide bonds. The van der Waals surface area contributed by atoms with Crippen LogP contribution in [-0.2, 0) is 6.42 Å². The van der Waals surface area contributed by atoms with Crippen LogP contribution in [0.3, 0.4) is 0 Å². The van der Waals surface area contributed by atoms with E-state index in [1.807, 2.05) is 36.4 Å². The number of nitrogens with zero attached hydrogens (tertiary/aromatic N) is 2. The zero-order valence-corrected chi connectivity index (χ0v) is 8.98. The fraction of sp³-hybridized carbons (Fsp3) is 0.143. The number of aromatic nitrogens is 1. The molecule has 0 atom stereocenters. The minimum Gasteiger partial charge on any atom is -0.237 e. The Morgan fingerprint density at radius 3 is 2.94 bits per heavy atom. The minimum absolute atomic E-state index is 0.484. The van der Waals surface area contributed by atoms with Crippen molar-refractivity contribution >= 4 is 10.9 Å². The third kappa shape index (κ3) is 1.94. The van der Waals surface area contributed by atoms with Crippen LogP contribution in [-0.4, -0.2) is 4.98 Å². The van der Waals surface area contributed by atoms with Gasteiger partial charge in [-0.05, 0) is 30.5 Å². The second-order valence-corrected chi connectivity index (χ2v) is 3.62. The molecule has 78 valence electrons. The summed E-state index contributed by atoms with van der Waals surface area (Å²) in [5, 5.41) is 10.0. The summed E-state index contributed by atoms with van der Waals surface area (Å²) in [6.07, 6.45) is 3.71. The van der Waals surface area contributed by atoms with Crippen molar-refractivity contribution in [3.8, 4) is 6.07 Å². The van der Waals surface area contributed by atoms with E-state index in [2.05, 4.69) is 17.6 Å². The van der Waals surface area contributed by atoms with Crippen LogP contribution >= 0.6 is 0 Å². The molecule has 0 radical (unpaired) electrons. The zero-order valence-electron chi connectivity index (χ0n) is 8.98. The van der Waals surface area contributed by atoms with Crippen molar-refractivity contribution in [1.82, 2.24) is 4.98 Å². The number of rotatable bonds is 3. The third-order valence-corrected chi connectivity index (χ3v) is 2.53. The molecule has 0 saturated carbocycles. The van der Waals surface area contributed by atoms with Gasteiger partial charge in [0.05, 0.1) is 5.52 Å². The van der Waals surface area contributed by atoms with Crippen molar-refractivity contribution in [2.75, 3.05) is 0 Å². The highest BCUT2D eigenvalue weighted by Crippen LogP contribution is 2.19. The molecule has 16 heavy (non-hydrogen) atoms. The van der Waals surface area contributed by atoms with E-state index >= 15 is 0 Å². The normalized spacial score (nSPS) is 9.94. The number of nitriles is 1. The van der Waals surface area contributed by atoms with Crippen LogP contribution < -0.4 is 0 Å². The first-order valence-electron chi connectivity index (χ1n) is 5.25. The maximum atomic E-state index is 8.91. The Morgan fingerprint density at radius 1 is 1.38 bits per heavy atom. The lowest BCUT2D eigenvalue weighted by atomic mass is 10.0. The molecule has 2 heteroatoms. The molecule has 0 spiro atoms. The number of hydrogen-bond donors (Lipinski definition) is 0. The Morgan fingerprint density at radius 2 is 2.19 bits per heavy atom. The summed E-state index contributed by atoms with van der Waals surface area (Å²) in [6, 6.07) is 11.9.